The van der Waals surface area contributed by atoms with Crippen LogP contribution >= 0.6 is 0 Å². The molecule has 0 aliphatic carbocycles. The maximum absolute atomic E-state index is 11.2. The number of rotatable bonds is 2. The molecule has 11 heavy (non-hydrogen) atoms. The minimum absolute atomic E-state index is 0.233. The number of carbonyl (C=O) groups excluding carboxylic acids is 1. The van der Waals surface area contributed by atoms with Gasteiger partial charge in [-0.25, -0.2) is 0 Å². The summed E-state index contributed by atoms with van der Waals surface area (Å²) in [6, 6.07) is 0. The van der Waals surface area contributed by atoms with E-state index in [-0.39, 0.29) is 12.0 Å². The Morgan fingerprint density at radius 1 is 1.55 bits per heavy atom. The Kier molecular flexibility index (Phi) is 1.82. The first kappa shape index (κ1) is 7.10. The third-order valence-corrected chi connectivity index (χ3v) is 2.07. The van der Waals surface area contributed by atoms with Crippen molar-refractivity contribution < 1.29 is 9.53 Å². The summed E-state index contributed by atoms with van der Waals surface area (Å²) in [6.07, 6.45) is 3.13. The Morgan fingerprint density at radius 2 is 2.36 bits per heavy atom. The Balaban J connectivity index is 1.83. The summed E-state index contributed by atoms with van der Waals surface area (Å²) >= 11 is 0. The van der Waals surface area contributed by atoms with Crippen molar-refractivity contribution in [3.05, 3.63) is 6.54 Å². The maximum atomic E-state index is 11.2. The van der Waals surface area contributed by atoms with E-state index in [9.17, 15) is 4.79 Å². The summed E-state index contributed by atoms with van der Waals surface area (Å²) in [5.41, 5.74) is 0. The van der Waals surface area contributed by atoms with Gasteiger partial charge in [-0.05, 0) is 12.8 Å². The zero-order valence-electron chi connectivity index (χ0n) is 6.45. The van der Waals surface area contributed by atoms with Crippen LogP contribution in [0.3, 0.4) is 0 Å². The smallest absolute Gasteiger partial charge is 0.222 e. The Labute approximate surface area is 66.3 Å². The lowest BCUT2D eigenvalue weighted by molar-refractivity contribution is -0.131. The van der Waals surface area contributed by atoms with E-state index < -0.39 is 0 Å². The van der Waals surface area contributed by atoms with E-state index in [4.69, 9.17) is 4.74 Å². The molecule has 0 aromatic rings. The number of carbonyl (C=O) groups is 1. The molecule has 0 spiro atoms. The standard InChI is InChI=1S/C8H12NO2/c10-8-3-1-2-4-9(8)5-7-6-11-7/h5,7H,1-4,6H2/t7-/m1/s1. The van der Waals surface area contributed by atoms with Crippen LogP contribution in [0.15, 0.2) is 0 Å². The van der Waals surface area contributed by atoms with Crippen molar-refractivity contribution in [2.24, 2.45) is 0 Å². The zero-order chi connectivity index (χ0) is 7.68. The normalized spacial score (nSPS) is 30.7. The van der Waals surface area contributed by atoms with Crippen molar-refractivity contribution in [3.63, 3.8) is 0 Å². The van der Waals surface area contributed by atoms with Crippen LogP contribution in [-0.2, 0) is 9.53 Å². The third-order valence-electron chi connectivity index (χ3n) is 2.07. The van der Waals surface area contributed by atoms with Crippen LogP contribution in [0.25, 0.3) is 0 Å². The highest BCUT2D eigenvalue weighted by Crippen LogP contribution is 2.19. The molecule has 61 valence electrons. The maximum Gasteiger partial charge on any atom is 0.222 e. The summed E-state index contributed by atoms with van der Waals surface area (Å²) < 4.78 is 5.01. The van der Waals surface area contributed by atoms with Crippen LogP contribution in [0, 0.1) is 6.54 Å². The predicted molar refractivity (Wildman–Crippen MR) is 39.6 cm³/mol. The molecule has 2 aliphatic heterocycles. The van der Waals surface area contributed by atoms with Gasteiger partial charge in [0.15, 0.2) is 0 Å². The molecule has 0 aromatic carbocycles. The van der Waals surface area contributed by atoms with Crippen LogP contribution in [0.1, 0.15) is 19.3 Å². The van der Waals surface area contributed by atoms with E-state index in [0.717, 1.165) is 26.0 Å². The van der Waals surface area contributed by atoms with Gasteiger partial charge in [-0.2, -0.15) is 0 Å². The highest BCUT2D eigenvalue weighted by molar-refractivity contribution is 5.77. The van der Waals surface area contributed by atoms with Gasteiger partial charge in [-0.1, -0.05) is 0 Å². The van der Waals surface area contributed by atoms with Crippen molar-refractivity contribution >= 4 is 5.91 Å². The second kappa shape index (κ2) is 2.81. The molecule has 0 unspecified atom stereocenters. The molecule has 3 heteroatoms. The predicted octanol–water partition coefficient (Wildman–Crippen LogP) is 0.559. The molecule has 0 N–H and O–H groups in total. The van der Waals surface area contributed by atoms with Crippen LogP contribution in [0.5, 0.6) is 0 Å². The highest BCUT2D eigenvalue weighted by atomic mass is 16.6. The van der Waals surface area contributed by atoms with E-state index in [2.05, 4.69) is 0 Å². The molecule has 0 bridgehead atoms. The van der Waals surface area contributed by atoms with Gasteiger partial charge in [0.05, 0.1) is 13.2 Å². The lowest BCUT2D eigenvalue weighted by Crippen LogP contribution is -2.34. The molecule has 1 atom stereocenters. The summed E-state index contributed by atoms with van der Waals surface area (Å²) in [4.78, 5) is 13.0. The minimum Gasteiger partial charge on any atom is -0.371 e. The molecule has 2 saturated heterocycles. The molecule has 0 saturated carbocycles. The van der Waals surface area contributed by atoms with Crippen molar-refractivity contribution in [1.82, 2.24) is 4.90 Å². The van der Waals surface area contributed by atoms with Crippen molar-refractivity contribution in [3.8, 4) is 0 Å². The molecular weight excluding hydrogens is 142 g/mol. The average Bonchev–Trinajstić information content (AvgIpc) is 2.78. The molecule has 2 fully saturated rings. The van der Waals surface area contributed by atoms with E-state index >= 15 is 0 Å². The number of piperidine rings is 1. The van der Waals surface area contributed by atoms with Gasteiger partial charge in [0, 0.05) is 13.0 Å². The van der Waals surface area contributed by atoms with Crippen molar-refractivity contribution in [2.45, 2.75) is 25.4 Å². The first-order valence-electron chi connectivity index (χ1n) is 4.12. The van der Waals surface area contributed by atoms with E-state index in [1.807, 2.05) is 6.54 Å². The first-order chi connectivity index (χ1) is 5.36. The fourth-order valence-corrected chi connectivity index (χ4v) is 1.33. The van der Waals surface area contributed by atoms with Crippen molar-refractivity contribution in [1.29, 1.82) is 0 Å². The van der Waals surface area contributed by atoms with Crippen LogP contribution < -0.4 is 0 Å². The lowest BCUT2D eigenvalue weighted by Gasteiger charge is -2.25. The molecule has 1 amide bonds. The van der Waals surface area contributed by atoms with E-state index in [1.54, 1.807) is 4.90 Å². The highest BCUT2D eigenvalue weighted by Gasteiger charge is 2.29. The first-order valence-corrected chi connectivity index (χ1v) is 4.12. The van der Waals surface area contributed by atoms with Gasteiger partial charge in [0.2, 0.25) is 5.91 Å². The van der Waals surface area contributed by atoms with E-state index in [1.165, 1.54) is 0 Å². The summed E-state index contributed by atoms with van der Waals surface area (Å²) in [5, 5.41) is 0. The minimum atomic E-state index is 0.233. The van der Waals surface area contributed by atoms with Gasteiger partial charge < -0.3 is 9.64 Å². The Bertz CT molecular complexity index is 165. The van der Waals surface area contributed by atoms with Gasteiger partial charge in [-0.3, -0.25) is 4.79 Å². The molecule has 2 heterocycles. The second-order valence-electron chi connectivity index (χ2n) is 3.07. The molecule has 3 nitrogen and oxygen atoms in total. The van der Waals surface area contributed by atoms with Gasteiger partial charge >= 0.3 is 0 Å². The second-order valence-corrected chi connectivity index (χ2v) is 3.07. The van der Waals surface area contributed by atoms with Crippen LogP contribution in [0.2, 0.25) is 0 Å². The average molecular weight is 154 g/mol. The number of hydrogen-bond donors (Lipinski definition) is 0. The Hall–Kier alpha value is -0.570. The number of likely N-dealkylation sites (tertiary alicyclic amines) is 1. The lowest BCUT2D eigenvalue weighted by atomic mass is 10.1. The number of hydrogen-bond acceptors (Lipinski definition) is 2. The summed E-state index contributed by atoms with van der Waals surface area (Å²) in [7, 11) is 0. The topological polar surface area (TPSA) is 32.8 Å². The summed E-state index contributed by atoms with van der Waals surface area (Å²) in [6.45, 7) is 3.60. The van der Waals surface area contributed by atoms with Crippen LogP contribution in [-0.4, -0.2) is 30.1 Å². The Morgan fingerprint density at radius 3 is 3.00 bits per heavy atom. The van der Waals surface area contributed by atoms with Gasteiger partial charge in [-0.15, -0.1) is 0 Å². The monoisotopic (exact) mass is 154 g/mol. The number of nitrogens with zero attached hydrogens (tertiary/aromatic N) is 1. The van der Waals surface area contributed by atoms with Gasteiger partial charge in [0.25, 0.3) is 0 Å². The van der Waals surface area contributed by atoms with Gasteiger partial charge in [0.1, 0.15) is 6.10 Å². The quantitative estimate of drug-likeness (QED) is 0.544. The van der Waals surface area contributed by atoms with Crippen molar-refractivity contribution in [2.75, 3.05) is 13.2 Å². The number of ether oxygens (including phenoxy) is 1. The SMILES string of the molecule is O=C1CCCCN1[CH][C@@H]1CO1. The number of epoxide rings is 1. The number of amides is 1. The zero-order valence-corrected chi connectivity index (χ0v) is 6.45. The molecule has 0 aromatic heterocycles. The largest absolute Gasteiger partial charge is 0.371 e. The third kappa shape index (κ3) is 1.71. The molecular formula is C8H12NO2. The molecule has 1 radical (unpaired) electrons. The summed E-state index contributed by atoms with van der Waals surface area (Å²) in [5.74, 6) is 0.256. The molecule has 2 aliphatic rings. The molecule has 2 rings (SSSR count). The fraction of sp³-hybridized carbons (Fsp3) is 0.750. The fourth-order valence-electron chi connectivity index (χ4n) is 1.33. The van der Waals surface area contributed by atoms with Crippen LogP contribution in [0.4, 0.5) is 0 Å². The van der Waals surface area contributed by atoms with E-state index in [0.29, 0.717) is 6.42 Å².